The number of carbonyl (C=O) groups is 1. The fourth-order valence-corrected chi connectivity index (χ4v) is 6.52. The molecular weight excluding hydrogens is 458 g/mol. The van der Waals surface area contributed by atoms with E-state index in [1.807, 2.05) is 29.3 Å². The highest BCUT2D eigenvalue weighted by molar-refractivity contribution is 7.98. The standard InChI is InChI=1S/C26H20F2N2O3S/c1-2-20-26(10-11-26)25(33)23-24(32)18(31)9-12-29(23)30(20)22-14-7-8-17(27)21(28)16(14)13-34-19-6-4-3-5-15(19)22/h2-9,12,20,22,32H,1,10-11,13H2. The number of rotatable bonds is 2. The minimum absolute atomic E-state index is 0.0818. The van der Waals surface area contributed by atoms with E-state index in [1.165, 1.54) is 28.7 Å². The predicted octanol–water partition coefficient (Wildman–Crippen LogP) is 4.70. The average Bonchev–Trinajstić information content (AvgIpc) is 3.64. The Kier molecular flexibility index (Phi) is 4.55. The molecule has 2 atom stereocenters. The monoisotopic (exact) mass is 478 g/mol. The number of ketones is 1. The van der Waals surface area contributed by atoms with Gasteiger partial charge in [-0.05, 0) is 36.1 Å². The van der Waals surface area contributed by atoms with Crippen LogP contribution >= 0.6 is 11.8 Å². The molecule has 1 fully saturated rings. The third kappa shape index (κ3) is 2.72. The second-order valence-electron chi connectivity index (χ2n) is 8.93. The zero-order valence-electron chi connectivity index (χ0n) is 18.0. The van der Waals surface area contributed by atoms with Crippen molar-refractivity contribution in [2.45, 2.75) is 35.6 Å². The maximum Gasteiger partial charge on any atom is 0.224 e. The van der Waals surface area contributed by atoms with Crippen LogP contribution in [0.3, 0.4) is 0 Å². The number of hydrogen-bond acceptors (Lipinski definition) is 5. The Hall–Kier alpha value is -3.39. The van der Waals surface area contributed by atoms with Crippen molar-refractivity contribution in [1.29, 1.82) is 0 Å². The smallest absolute Gasteiger partial charge is 0.224 e. The van der Waals surface area contributed by atoms with Gasteiger partial charge in [0, 0.05) is 28.5 Å². The topological polar surface area (TPSA) is 62.5 Å². The summed E-state index contributed by atoms with van der Waals surface area (Å²) in [5, 5.41) is 12.5. The summed E-state index contributed by atoms with van der Waals surface area (Å²) in [6, 6.07) is 10.4. The lowest BCUT2D eigenvalue weighted by molar-refractivity contribution is 0.0828. The fraction of sp³-hybridized carbons (Fsp3) is 0.231. The first-order chi connectivity index (χ1) is 16.4. The quantitative estimate of drug-likeness (QED) is 0.541. The lowest BCUT2D eigenvalue weighted by Gasteiger charge is -2.48. The molecule has 2 aliphatic heterocycles. The van der Waals surface area contributed by atoms with Crippen LogP contribution in [0, 0.1) is 17.0 Å². The molecule has 8 heteroatoms. The van der Waals surface area contributed by atoms with Gasteiger partial charge in [0.25, 0.3) is 0 Å². The van der Waals surface area contributed by atoms with Crippen LogP contribution in [0.2, 0.25) is 0 Å². The van der Waals surface area contributed by atoms with Crippen molar-refractivity contribution >= 4 is 17.5 Å². The lowest BCUT2D eigenvalue weighted by Crippen LogP contribution is -2.57. The molecule has 1 saturated carbocycles. The Labute approximate surface area is 198 Å². The summed E-state index contributed by atoms with van der Waals surface area (Å²) in [5.74, 6) is -2.47. The highest BCUT2D eigenvalue weighted by Gasteiger charge is 2.62. The van der Waals surface area contributed by atoms with Crippen LogP contribution < -0.4 is 10.4 Å². The van der Waals surface area contributed by atoms with Crippen molar-refractivity contribution in [3.05, 3.63) is 106 Å². The first-order valence-electron chi connectivity index (χ1n) is 11.0. The number of nitrogens with zero attached hydrogens (tertiary/aromatic N) is 2. The molecule has 1 spiro atoms. The maximum absolute atomic E-state index is 15.1. The molecular formula is C26H20F2N2O3S. The largest absolute Gasteiger partial charge is 0.503 e. The molecule has 0 saturated heterocycles. The first-order valence-corrected chi connectivity index (χ1v) is 12.0. The second kappa shape index (κ2) is 7.30. The van der Waals surface area contributed by atoms with Gasteiger partial charge in [0.15, 0.2) is 28.9 Å². The molecule has 1 N–H and O–H groups in total. The summed E-state index contributed by atoms with van der Waals surface area (Å²) in [6.45, 7) is 4.01. The molecule has 0 amide bonds. The SMILES string of the molecule is C=CC1N(C2c3ccccc3SCc3c2ccc(F)c3F)n2ccc(=O)c(O)c2C(=O)C12CC2. The van der Waals surface area contributed by atoms with E-state index < -0.39 is 40.3 Å². The molecule has 1 aromatic heterocycles. The Morgan fingerprint density at radius 3 is 2.59 bits per heavy atom. The van der Waals surface area contributed by atoms with E-state index >= 15 is 4.39 Å². The number of carbonyl (C=O) groups excluding carboxylic acids is 1. The molecule has 2 aromatic carbocycles. The third-order valence-corrected chi connectivity index (χ3v) is 8.33. The molecule has 0 bridgehead atoms. The van der Waals surface area contributed by atoms with E-state index in [0.29, 0.717) is 18.4 Å². The van der Waals surface area contributed by atoms with Crippen LogP contribution in [-0.4, -0.2) is 21.6 Å². The van der Waals surface area contributed by atoms with Gasteiger partial charge in [-0.3, -0.25) is 19.3 Å². The first kappa shape index (κ1) is 21.2. The molecule has 172 valence electrons. The molecule has 2 unspecified atom stereocenters. The van der Waals surface area contributed by atoms with Crippen LogP contribution in [0.1, 0.15) is 46.1 Å². The van der Waals surface area contributed by atoms with E-state index in [4.69, 9.17) is 0 Å². The number of hydrogen-bond donors (Lipinski definition) is 1. The van der Waals surface area contributed by atoms with Gasteiger partial charge in [-0.2, -0.15) is 0 Å². The van der Waals surface area contributed by atoms with E-state index in [-0.39, 0.29) is 22.8 Å². The third-order valence-electron chi connectivity index (χ3n) is 7.21. The Bertz CT molecular complexity index is 1450. The molecule has 6 rings (SSSR count). The molecule has 3 heterocycles. The number of aromatic nitrogens is 1. The highest BCUT2D eigenvalue weighted by Crippen LogP contribution is 2.57. The maximum atomic E-state index is 15.1. The molecule has 1 aliphatic carbocycles. The van der Waals surface area contributed by atoms with Gasteiger partial charge in [-0.15, -0.1) is 18.3 Å². The fourth-order valence-electron chi connectivity index (χ4n) is 5.41. The van der Waals surface area contributed by atoms with Crippen molar-refractivity contribution in [2.75, 3.05) is 5.01 Å². The summed E-state index contributed by atoms with van der Waals surface area (Å²) in [5.41, 5.74) is 0.123. The highest BCUT2D eigenvalue weighted by atomic mass is 32.2. The van der Waals surface area contributed by atoms with Crippen molar-refractivity contribution in [3.8, 4) is 5.75 Å². The summed E-state index contributed by atoms with van der Waals surface area (Å²) < 4.78 is 30.8. The van der Waals surface area contributed by atoms with Crippen LogP contribution in [0.15, 0.2) is 71.0 Å². The molecule has 3 aliphatic rings. The zero-order valence-corrected chi connectivity index (χ0v) is 18.8. The van der Waals surface area contributed by atoms with Gasteiger partial charge in [-0.1, -0.05) is 30.3 Å². The van der Waals surface area contributed by atoms with Gasteiger partial charge >= 0.3 is 0 Å². The molecule has 34 heavy (non-hydrogen) atoms. The van der Waals surface area contributed by atoms with Crippen LogP contribution in [0.5, 0.6) is 5.75 Å². The Balaban J connectivity index is 1.70. The summed E-state index contributed by atoms with van der Waals surface area (Å²) >= 11 is 1.42. The van der Waals surface area contributed by atoms with Crippen molar-refractivity contribution in [2.24, 2.45) is 5.41 Å². The number of Topliss-reactive ketones (excluding diaryl/α,β-unsaturated/α-hetero) is 1. The molecule has 0 radical (unpaired) electrons. The van der Waals surface area contributed by atoms with Crippen molar-refractivity contribution < 1.29 is 18.7 Å². The minimum Gasteiger partial charge on any atom is -0.503 e. The number of thioether (sulfide) groups is 1. The van der Waals surface area contributed by atoms with Crippen LogP contribution in [-0.2, 0) is 5.75 Å². The van der Waals surface area contributed by atoms with Crippen molar-refractivity contribution in [1.82, 2.24) is 4.68 Å². The number of aromatic hydroxyl groups is 1. The van der Waals surface area contributed by atoms with E-state index in [2.05, 4.69) is 6.58 Å². The second-order valence-corrected chi connectivity index (χ2v) is 9.94. The van der Waals surface area contributed by atoms with Gasteiger partial charge in [0.1, 0.15) is 0 Å². The van der Waals surface area contributed by atoms with E-state index in [1.54, 1.807) is 12.1 Å². The lowest BCUT2D eigenvalue weighted by atomic mass is 9.83. The van der Waals surface area contributed by atoms with Crippen molar-refractivity contribution in [3.63, 3.8) is 0 Å². The number of fused-ring (bicyclic) bond motifs is 3. The Morgan fingerprint density at radius 1 is 1.09 bits per heavy atom. The number of benzene rings is 2. The molecule has 3 aromatic rings. The predicted molar refractivity (Wildman–Crippen MR) is 125 cm³/mol. The Morgan fingerprint density at radius 2 is 1.85 bits per heavy atom. The summed E-state index contributed by atoms with van der Waals surface area (Å²) in [6.07, 6.45) is 4.31. The minimum atomic E-state index is -0.918. The van der Waals surface area contributed by atoms with Crippen LogP contribution in [0.25, 0.3) is 0 Å². The summed E-state index contributed by atoms with van der Waals surface area (Å²) in [7, 11) is 0. The molecule has 5 nitrogen and oxygen atoms in total. The normalized spacial score (nSPS) is 21.9. The zero-order chi connectivity index (χ0) is 23.8. The van der Waals surface area contributed by atoms with E-state index in [9.17, 15) is 19.1 Å². The van der Waals surface area contributed by atoms with Gasteiger partial charge in [0.05, 0.1) is 17.5 Å². The van der Waals surface area contributed by atoms with Gasteiger partial charge in [-0.25, -0.2) is 8.78 Å². The van der Waals surface area contributed by atoms with E-state index in [0.717, 1.165) is 16.5 Å². The van der Waals surface area contributed by atoms with Gasteiger partial charge < -0.3 is 5.11 Å². The summed E-state index contributed by atoms with van der Waals surface area (Å²) in [4.78, 5) is 26.7. The number of pyridine rings is 1. The number of halogens is 2. The van der Waals surface area contributed by atoms with Crippen LogP contribution in [0.4, 0.5) is 8.78 Å². The van der Waals surface area contributed by atoms with Gasteiger partial charge in [0.2, 0.25) is 5.43 Å². The average molecular weight is 479 g/mol.